The van der Waals surface area contributed by atoms with Gasteiger partial charge in [0, 0.05) is 36.1 Å². The monoisotopic (exact) mass is 272 g/mol. The van der Waals surface area contributed by atoms with Crippen molar-refractivity contribution in [3.8, 4) is 0 Å². The van der Waals surface area contributed by atoms with E-state index in [2.05, 4.69) is 15.5 Å². The molecule has 1 rings (SSSR count). The molecule has 0 spiro atoms. The van der Waals surface area contributed by atoms with Crippen molar-refractivity contribution >= 4 is 17.6 Å². The Hall–Kier alpha value is -1.57. The molecular weight excluding hydrogens is 256 g/mol. The highest BCUT2D eigenvalue weighted by Gasteiger charge is 2.05. The fraction of sp³-hybridized carbons (Fsp3) is 0.600. The van der Waals surface area contributed by atoms with Crippen LogP contribution in [0, 0.1) is 17.0 Å². The second kappa shape index (κ2) is 7.70. The Balaban J connectivity index is 2.13. The molecule has 0 aliphatic carbocycles. The lowest BCUT2D eigenvalue weighted by Gasteiger charge is -2.04. The van der Waals surface area contributed by atoms with E-state index in [4.69, 9.17) is 4.52 Å². The summed E-state index contributed by atoms with van der Waals surface area (Å²) in [4.78, 5) is 13.7. The second-order valence-corrected chi connectivity index (χ2v) is 4.67. The van der Waals surface area contributed by atoms with E-state index in [1.165, 1.54) is 7.05 Å². The summed E-state index contributed by atoms with van der Waals surface area (Å²) in [6.45, 7) is 2.23. The fourth-order valence-corrected chi connectivity index (χ4v) is 1.99. The van der Waals surface area contributed by atoms with Gasteiger partial charge in [-0.2, -0.15) is 11.8 Å². The van der Waals surface area contributed by atoms with Crippen molar-refractivity contribution in [2.24, 2.45) is 4.99 Å². The summed E-state index contributed by atoms with van der Waals surface area (Å²) in [5.41, 5.74) is 0.909. The quantitative estimate of drug-likeness (QED) is 0.263. The molecule has 1 heterocycles. The Kier molecular flexibility index (Phi) is 6.20. The van der Waals surface area contributed by atoms with E-state index in [-0.39, 0.29) is 6.54 Å². The van der Waals surface area contributed by atoms with Gasteiger partial charge in [-0.1, -0.05) is 5.16 Å². The first-order valence-corrected chi connectivity index (χ1v) is 6.58. The Bertz CT molecular complexity index is 419. The zero-order chi connectivity index (χ0) is 13.4. The largest absolute Gasteiger partial charge is 0.368 e. The molecule has 0 amide bonds. The molecule has 0 aliphatic heterocycles. The molecule has 100 valence electrons. The van der Waals surface area contributed by atoms with Gasteiger partial charge in [0.1, 0.15) is 5.76 Å². The molecule has 0 aliphatic rings. The van der Waals surface area contributed by atoms with Crippen molar-refractivity contribution in [3.63, 3.8) is 0 Å². The van der Waals surface area contributed by atoms with Crippen LogP contribution in [0.5, 0.6) is 0 Å². The lowest BCUT2D eigenvalue weighted by atomic mass is 10.4. The van der Waals surface area contributed by atoms with Gasteiger partial charge in [0.25, 0.3) is 6.54 Å². The number of nitrogens with one attached hydrogen (secondary N) is 1. The van der Waals surface area contributed by atoms with Gasteiger partial charge in [0.15, 0.2) is 5.84 Å². The summed E-state index contributed by atoms with van der Waals surface area (Å²) in [7, 11) is 1.54. The third-order valence-corrected chi connectivity index (χ3v) is 3.04. The predicted molar refractivity (Wildman–Crippen MR) is 70.6 cm³/mol. The van der Waals surface area contributed by atoms with Gasteiger partial charge < -0.3 is 9.84 Å². The number of aromatic nitrogens is 1. The van der Waals surface area contributed by atoms with Crippen LogP contribution in [0.25, 0.3) is 0 Å². The summed E-state index contributed by atoms with van der Waals surface area (Å²) < 4.78 is 4.95. The first-order valence-electron chi connectivity index (χ1n) is 5.43. The minimum absolute atomic E-state index is 0.260. The zero-order valence-corrected chi connectivity index (χ0v) is 11.2. The van der Waals surface area contributed by atoms with Crippen LogP contribution in [0.1, 0.15) is 11.5 Å². The number of thioether (sulfide) groups is 1. The maximum atomic E-state index is 10.3. The average Bonchev–Trinajstić information content (AvgIpc) is 2.72. The van der Waals surface area contributed by atoms with Crippen molar-refractivity contribution < 1.29 is 9.45 Å². The minimum atomic E-state index is -0.402. The number of rotatable bonds is 7. The summed E-state index contributed by atoms with van der Waals surface area (Å²) >= 11 is 1.68. The third kappa shape index (κ3) is 5.67. The van der Waals surface area contributed by atoms with Crippen molar-refractivity contribution in [2.75, 3.05) is 25.9 Å². The molecule has 0 fully saturated rings. The lowest BCUT2D eigenvalue weighted by molar-refractivity contribution is -0.463. The van der Waals surface area contributed by atoms with Crippen LogP contribution in [0.3, 0.4) is 0 Å². The van der Waals surface area contributed by atoms with Crippen LogP contribution in [-0.4, -0.2) is 41.8 Å². The van der Waals surface area contributed by atoms with E-state index in [1.807, 2.05) is 13.0 Å². The van der Waals surface area contributed by atoms with Gasteiger partial charge in [-0.3, -0.25) is 15.1 Å². The van der Waals surface area contributed by atoms with E-state index in [9.17, 15) is 10.1 Å². The average molecular weight is 272 g/mol. The molecule has 18 heavy (non-hydrogen) atoms. The smallest absolute Gasteiger partial charge is 0.259 e. The van der Waals surface area contributed by atoms with E-state index >= 15 is 0 Å². The van der Waals surface area contributed by atoms with Crippen LogP contribution in [0.2, 0.25) is 0 Å². The van der Waals surface area contributed by atoms with Crippen LogP contribution >= 0.6 is 11.8 Å². The molecule has 0 aromatic carbocycles. The topological polar surface area (TPSA) is 93.6 Å². The highest BCUT2D eigenvalue weighted by Crippen LogP contribution is 2.11. The Morgan fingerprint density at radius 3 is 3.06 bits per heavy atom. The van der Waals surface area contributed by atoms with Gasteiger partial charge >= 0.3 is 0 Å². The SMILES string of the molecule is CN=C(C[N+](=O)[O-])NCCSCc1cc(C)on1. The van der Waals surface area contributed by atoms with E-state index in [0.717, 1.165) is 23.0 Å². The molecule has 1 N–H and O–H groups in total. The molecule has 0 radical (unpaired) electrons. The summed E-state index contributed by atoms with van der Waals surface area (Å²) in [6.07, 6.45) is 0. The number of aryl methyl sites for hydroxylation is 1. The summed E-state index contributed by atoms with van der Waals surface area (Å²) in [5.74, 6) is 2.79. The van der Waals surface area contributed by atoms with E-state index in [0.29, 0.717) is 12.4 Å². The number of hydrogen-bond acceptors (Lipinski definition) is 6. The molecule has 0 unspecified atom stereocenters. The predicted octanol–water partition coefficient (Wildman–Crippen LogP) is 1.11. The van der Waals surface area contributed by atoms with E-state index < -0.39 is 4.92 Å². The number of amidine groups is 1. The number of hydrogen-bond donors (Lipinski definition) is 1. The fourth-order valence-electron chi connectivity index (χ4n) is 1.26. The highest BCUT2D eigenvalue weighted by atomic mass is 32.2. The van der Waals surface area contributed by atoms with Crippen LogP contribution in [-0.2, 0) is 5.75 Å². The molecule has 8 heteroatoms. The van der Waals surface area contributed by atoms with Crippen LogP contribution in [0.15, 0.2) is 15.6 Å². The molecule has 1 aromatic heterocycles. The normalized spacial score (nSPS) is 11.6. The standard InChI is InChI=1S/C10H16N4O3S/c1-8-5-9(13-17-8)7-18-4-3-12-10(11-2)6-14(15)16/h5H,3-4,6-7H2,1-2H3,(H,11,12). The molecule has 0 bridgehead atoms. The lowest BCUT2D eigenvalue weighted by Crippen LogP contribution is -2.31. The highest BCUT2D eigenvalue weighted by molar-refractivity contribution is 7.98. The van der Waals surface area contributed by atoms with Gasteiger partial charge in [-0.25, -0.2) is 0 Å². The van der Waals surface area contributed by atoms with Gasteiger partial charge in [-0.05, 0) is 6.92 Å². The molecule has 0 atom stereocenters. The molecular formula is C10H16N4O3S. The first-order chi connectivity index (χ1) is 8.61. The number of aliphatic imine (C=N–C) groups is 1. The van der Waals surface area contributed by atoms with Gasteiger partial charge in [-0.15, -0.1) is 0 Å². The Morgan fingerprint density at radius 1 is 1.72 bits per heavy atom. The Labute approximate surface area is 109 Å². The third-order valence-electron chi connectivity index (χ3n) is 2.05. The first kappa shape index (κ1) is 14.5. The van der Waals surface area contributed by atoms with Crippen molar-refractivity contribution in [1.82, 2.24) is 10.5 Å². The van der Waals surface area contributed by atoms with Crippen molar-refractivity contribution in [3.05, 3.63) is 27.6 Å². The maximum absolute atomic E-state index is 10.3. The van der Waals surface area contributed by atoms with Crippen LogP contribution < -0.4 is 5.32 Å². The molecule has 1 aromatic rings. The van der Waals surface area contributed by atoms with Gasteiger partial charge in [0.2, 0.25) is 0 Å². The zero-order valence-electron chi connectivity index (χ0n) is 10.4. The molecule has 0 saturated heterocycles. The number of nitro groups is 1. The van der Waals surface area contributed by atoms with Crippen molar-refractivity contribution in [2.45, 2.75) is 12.7 Å². The minimum Gasteiger partial charge on any atom is -0.368 e. The summed E-state index contributed by atoms with van der Waals surface area (Å²) in [5, 5.41) is 17.1. The number of nitrogens with zero attached hydrogens (tertiary/aromatic N) is 3. The second-order valence-electron chi connectivity index (χ2n) is 3.57. The van der Waals surface area contributed by atoms with Crippen molar-refractivity contribution in [1.29, 1.82) is 0 Å². The Morgan fingerprint density at radius 2 is 2.50 bits per heavy atom. The van der Waals surface area contributed by atoms with Gasteiger partial charge in [0.05, 0.1) is 5.69 Å². The maximum Gasteiger partial charge on any atom is 0.259 e. The van der Waals surface area contributed by atoms with E-state index in [1.54, 1.807) is 11.8 Å². The molecule has 7 nitrogen and oxygen atoms in total. The summed E-state index contributed by atoms with van der Waals surface area (Å²) in [6, 6.07) is 1.89. The van der Waals surface area contributed by atoms with Crippen LogP contribution in [0.4, 0.5) is 0 Å². The molecule has 0 saturated carbocycles.